The smallest absolute Gasteiger partial charge is 0.307 e. The molecule has 1 heterocycles. The molecule has 0 spiro atoms. The number of rotatable bonds is 6. The molecule has 30 heavy (non-hydrogen) atoms. The number of carboxylic acids is 1. The molecule has 6 nitrogen and oxygen atoms in total. The van der Waals surface area contributed by atoms with E-state index in [0.29, 0.717) is 42.1 Å². The summed E-state index contributed by atoms with van der Waals surface area (Å²) in [6, 6.07) is 14.3. The fraction of sp³-hybridized carbons (Fsp3) is 0.375. The van der Waals surface area contributed by atoms with Crippen LogP contribution in [-0.4, -0.2) is 54.9 Å². The normalized spacial score (nSPS) is 17.0. The Morgan fingerprint density at radius 1 is 1.07 bits per heavy atom. The van der Waals surface area contributed by atoms with Crippen molar-refractivity contribution >= 4 is 5.97 Å². The summed E-state index contributed by atoms with van der Waals surface area (Å²) in [5, 5.41) is 20.9. The molecule has 0 aliphatic carbocycles. The molecule has 1 aliphatic rings. The maximum Gasteiger partial charge on any atom is 0.307 e. The number of piperidine rings is 1. The number of nitrogens with zero attached hydrogens (tertiary/aromatic N) is 1. The molecule has 158 valence electrons. The summed E-state index contributed by atoms with van der Waals surface area (Å²) in [6.45, 7) is 1.69. The van der Waals surface area contributed by atoms with Gasteiger partial charge in [0.05, 0.1) is 26.7 Å². The van der Waals surface area contributed by atoms with Crippen LogP contribution in [0.4, 0.5) is 0 Å². The van der Waals surface area contributed by atoms with Gasteiger partial charge in [-0.1, -0.05) is 36.1 Å². The van der Waals surface area contributed by atoms with Gasteiger partial charge in [0.25, 0.3) is 0 Å². The zero-order chi connectivity index (χ0) is 21.6. The van der Waals surface area contributed by atoms with E-state index >= 15 is 0 Å². The van der Waals surface area contributed by atoms with Crippen LogP contribution in [0, 0.1) is 17.8 Å². The molecule has 1 unspecified atom stereocenters. The van der Waals surface area contributed by atoms with Crippen molar-refractivity contribution < 1.29 is 24.5 Å². The van der Waals surface area contributed by atoms with Gasteiger partial charge in [-0.2, -0.15) is 0 Å². The summed E-state index contributed by atoms with van der Waals surface area (Å²) >= 11 is 0. The number of methoxy groups -OCH3 is 2. The second-order valence-corrected chi connectivity index (χ2v) is 7.38. The molecule has 0 bridgehead atoms. The lowest BCUT2D eigenvalue weighted by molar-refractivity contribution is -0.143. The molecule has 1 atom stereocenters. The number of benzene rings is 2. The maximum absolute atomic E-state index is 11.6. The van der Waals surface area contributed by atoms with Gasteiger partial charge in [0.1, 0.15) is 11.5 Å². The first-order chi connectivity index (χ1) is 14.5. The third-order valence-corrected chi connectivity index (χ3v) is 5.44. The predicted octanol–water partition coefficient (Wildman–Crippen LogP) is 2.74. The van der Waals surface area contributed by atoms with Crippen molar-refractivity contribution in [3.05, 3.63) is 59.7 Å². The summed E-state index contributed by atoms with van der Waals surface area (Å²) in [4.78, 5) is 13.3. The second-order valence-electron chi connectivity index (χ2n) is 7.38. The molecule has 2 N–H and O–H groups in total. The Balaban J connectivity index is 1.88. The highest BCUT2D eigenvalue weighted by molar-refractivity contribution is 5.70. The Labute approximate surface area is 177 Å². The third kappa shape index (κ3) is 4.93. The number of aliphatic carboxylic acids is 1. The van der Waals surface area contributed by atoms with Crippen molar-refractivity contribution in [3.63, 3.8) is 0 Å². The fourth-order valence-corrected chi connectivity index (χ4v) is 3.66. The van der Waals surface area contributed by atoms with E-state index in [9.17, 15) is 15.0 Å². The van der Waals surface area contributed by atoms with Crippen LogP contribution < -0.4 is 9.47 Å². The summed E-state index contributed by atoms with van der Waals surface area (Å²) in [5.41, 5.74) is -0.258. The number of likely N-dealkylation sites (tertiary alicyclic amines) is 1. The molecule has 2 aromatic carbocycles. The lowest BCUT2D eigenvalue weighted by atomic mass is 9.86. The van der Waals surface area contributed by atoms with Gasteiger partial charge >= 0.3 is 5.97 Å². The van der Waals surface area contributed by atoms with Gasteiger partial charge in [-0.3, -0.25) is 9.69 Å². The van der Waals surface area contributed by atoms with Gasteiger partial charge in [-0.05, 0) is 43.7 Å². The van der Waals surface area contributed by atoms with Crippen molar-refractivity contribution in [2.45, 2.75) is 18.4 Å². The molecule has 1 aliphatic heterocycles. The fourth-order valence-electron chi connectivity index (χ4n) is 3.66. The van der Waals surface area contributed by atoms with E-state index in [0.717, 1.165) is 13.0 Å². The predicted molar refractivity (Wildman–Crippen MR) is 114 cm³/mol. The molecule has 3 rings (SSSR count). The lowest BCUT2D eigenvalue weighted by Gasteiger charge is -2.29. The third-order valence-electron chi connectivity index (χ3n) is 5.44. The molecule has 0 amide bonds. The van der Waals surface area contributed by atoms with Crippen LogP contribution in [-0.2, 0) is 10.4 Å². The Hall–Kier alpha value is -3.01. The quantitative estimate of drug-likeness (QED) is 0.715. The minimum Gasteiger partial charge on any atom is -0.497 e. The average Bonchev–Trinajstić information content (AvgIpc) is 2.79. The highest BCUT2D eigenvalue weighted by atomic mass is 16.5. The monoisotopic (exact) mass is 409 g/mol. The van der Waals surface area contributed by atoms with Gasteiger partial charge in [0, 0.05) is 17.7 Å². The van der Waals surface area contributed by atoms with E-state index in [2.05, 4.69) is 11.8 Å². The first-order valence-electron chi connectivity index (χ1n) is 9.93. The van der Waals surface area contributed by atoms with E-state index in [4.69, 9.17) is 9.47 Å². The lowest BCUT2D eigenvalue weighted by Crippen LogP contribution is -2.39. The van der Waals surface area contributed by atoms with E-state index in [1.165, 1.54) is 0 Å². The summed E-state index contributed by atoms with van der Waals surface area (Å²) in [5.74, 6) is 6.37. The molecule has 0 saturated carbocycles. The van der Waals surface area contributed by atoms with E-state index < -0.39 is 11.6 Å². The van der Waals surface area contributed by atoms with Gasteiger partial charge < -0.3 is 19.7 Å². The van der Waals surface area contributed by atoms with E-state index in [1.54, 1.807) is 62.8 Å². The number of ether oxygens (including phenoxy) is 2. The summed E-state index contributed by atoms with van der Waals surface area (Å²) in [6.07, 6.45) is 1.53. The number of carboxylic acid groups (broad SMARTS) is 1. The number of carbonyl (C=O) groups is 1. The Bertz CT molecular complexity index is 864. The van der Waals surface area contributed by atoms with Crippen molar-refractivity contribution in [1.82, 2.24) is 4.90 Å². The summed E-state index contributed by atoms with van der Waals surface area (Å²) in [7, 11) is 3.18. The van der Waals surface area contributed by atoms with Crippen molar-refractivity contribution in [1.29, 1.82) is 0 Å². The standard InChI is InChI=1S/C24H27NO5/c1-29-21-10-6-19(7-11-21)24(28,20-8-12-22(30-2)13-9-20)14-4-16-25-15-3-5-18(17-25)23(26)27/h6-13,18,28H,3,5,15-17H2,1-2H3,(H,26,27). The second kappa shape index (κ2) is 9.66. The topological polar surface area (TPSA) is 79.2 Å². The van der Waals surface area contributed by atoms with Crippen LogP contribution in [0.25, 0.3) is 0 Å². The molecular formula is C24H27NO5. The Kier molecular flexibility index (Phi) is 6.99. The highest BCUT2D eigenvalue weighted by Crippen LogP contribution is 2.31. The van der Waals surface area contributed by atoms with Crippen molar-refractivity contribution in [2.24, 2.45) is 5.92 Å². The van der Waals surface area contributed by atoms with E-state index in [-0.39, 0.29) is 5.92 Å². The minimum atomic E-state index is -1.51. The van der Waals surface area contributed by atoms with Crippen LogP contribution in [0.5, 0.6) is 11.5 Å². The van der Waals surface area contributed by atoms with Gasteiger partial charge in [-0.15, -0.1) is 0 Å². The maximum atomic E-state index is 11.6. The van der Waals surface area contributed by atoms with Crippen LogP contribution in [0.15, 0.2) is 48.5 Å². The Morgan fingerprint density at radius 2 is 1.60 bits per heavy atom. The SMILES string of the molecule is COc1ccc(C(O)(C#CCN2CCCC(C(=O)O)C2)c2ccc(OC)cc2)cc1. The molecule has 0 aromatic heterocycles. The first-order valence-corrected chi connectivity index (χ1v) is 9.93. The largest absolute Gasteiger partial charge is 0.497 e. The average molecular weight is 409 g/mol. The zero-order valence-electron chi connectivity index (χ0n) is 17.3. The number of hydrogen-bond donors (Lipinski definition) is 2. The zero-order valence-corrected chi connectivity index (χ0v) is 17.3. The Morgan fingerprint density at radius 3 is 2.07 bits per heavy atom. The highest BCUT2D eigenvalue weighted by Gasteiger charge is 2.30. The molecule has 2 aromatic rings. The minimum absolute atomic E-state index is 0.359. The van der Waals surface area contributed by atoms with Crippen LogP contribution in [0.3, 0.4) is 0 Å². The van der Waals surface area contributed by atoms with E-state index in [1.807, 2.05) is 4.90 Å². The van der Waals surface area contributed by atoms with Crippen molar-refractivity contribution in [2.75, 3.05) is 33.9 Å². The number of aliphatic hydroxyl groups is 1. The van der Waals surface area contributed by atoms with Gasteiger partial charge in [0.2, 0.25) is 0 Å². The molecule has 6 heteroatoms. The number of hydrogen-bond acceptors (Lipinski definition) is 5. The van der Waals surface area contributed by atoms with Crippen LogP contribution in [0.1, 0.15) is 24.0 Å². The molecule has 1 fully saturated rings. The van der Waals surface area contributed by atoms with Gasteiger partial charge in [0.15, 0.2) is 5.60 Å². The van der Waals surface area contributed by atoms with Crippen LogP contribution in [0.2, 0.25) is 0 Å². The molecule has 1 saturated heterocycles. The molecule has 0 radical (unpaired) electrons. The summed E-state index contributed by atoms with van der Waals surface area (Å²) < 4.78 is 10.4. The van der Waals surface area contributed by atoms with Crippen molar-refractivity contribution in [3.8, 4) is 23.3 Å². The van der Waals surface area contributed by atoms with Gasteiger partial charge in [-0.25, -0.2) is 0 Å². The first kappa shape index (κ1) is 21.7. The van der Waals surface area contributed by atoms with Crippen LogP contribution >= 0.6 is 0 Å². The molecular weight excluding hydrogens is 382 g/mol.